The Kier molecular flexibility index (Phi) is 5.51. The molecule has 0 atom stereocenters. The molecule has 0 saturated carbocycles. The number of aromatic hydroxyl groups is 2. The summed E-state index contributed by atoms with van der Waals surface area (Å²) < 4.78 is 9.71. The van der Waals surface area contributed by atoms with Gasteiger partial charge in [0, 0.05) is 12.1 Å². The lowest BCUT2D eigenvalue weighted by molar-refractivity contribution is -0.259. The standard InChI is InChI=1S/C11H15NO8/c1-7(2)10(15)17-5-6-18-11(16)19-20-12-8(13)3-4-9(12)14/h3-4,7,13-14H,5-6H2,1-2H3. The Morgan fingerprint density at radius 1 is 1.15 bits per heavy atom. The summed E-state index contributed by atoms with van der Waals surface area (Å²) in [5.41, 5.74) is 0. The lowest BCUT2D eigenvalue weighted by atomic mass is 10.2. The number of carbonyl (C=O) groups excluding carboxylic acids is 2. The van der Waals surface area contributed by atoms with Crippen LogP contribution in [0.3, 0.4) is 0 Å². The molecule has 0 bridgehead atoms. The summed E-state index contributed by atoms with van der Waals surface area (Å²) in [5, 5.41) is 18.3. The van der Waals surface area contributed by atoms with Crippen molar-refractivity contribution in [2.45, 2.75) is 13.8 Å². The minimum absolute atomic E-state index is 0.119. The van der Waals surface area contributed by atoms with Crippen molar-refractivity contribution in [1.29, 1.82) is 0 Å². The summed E-state index contributed by atoms with van der Waals surface area (Å²) in [4.78, 5) is 30.6. The summed E-state index contributed by atoms with van der Waals surface area (Å²) in [5.74, 6) is -1.63. The quantitative estimate of drug-likeness (QED) is 0.338. The molecule has 9 heteroatoms. The molecule has 0 aromatic carbocycles. The Balaban J connectivity index is 2.20. The zero-order chi connectivity index (χ0) is 15.1. The SMILES string of the molecule is CC(C)C(=O)OCCOC(=O)OOn1c(O)ccc1O. The summed E-state index contributed by atoms with van der Waals surface area (Å²) in [6, 6.07) is 2.24. The van der Waals surface area contributed by atoms with Crippen molar-refractivity contribution in [1.82, 2.24) is 4.73 Å². The van der Waals surface area contributed by atoms with Crippen LogP contribution in [0.1, 0.15) is 13.8 Å². The monoisotopic (exact) mass is 289 g/mol. The molecule has 0 spiro atoms. The minimum Gasteiger partial charge on any atom is -0.492 e. The maximum absolute atomic E-state index is 11.1. The van der Waals surface area contributed by atoms with Crippen LogP contribution in [0.4, 0.5) is 4.79 Å². The Morgan fingerprint density at radius 3 is 2.25 bits per heavy atom. The highest BCUT2D eigenvalue weighted by Crippen LogP contribution is 2.18. The smallest absolute Gasteiger partial charge is 0.492 e. The van der Waals surface area contributed by atoms with Crippen LogP contribution in [-0.2, 0) is 19.2 Å². The second kappa shape index (κ2) is 7.12. The van der Waals surface area contributed by atoms with Crippen LogP contribution in [0.2, 0.25) is 0 Å². The van der Waals surface area contributed by atoms with Gasteiger partial charge < -0.3 is 19.7 Å². The fourth-order valence-corrected chi connectivity index (χ4v) is 1.00. The Labute approximate surface area is 114 Å². The van der Waals surface area contributed by atoms with Crippen molar-refractivity contribution < 1.29 is 39.2 Å². The fourth-order valence-electron chi connectivity index (χ4n) is 1.00. The first-order valence-corrected chi connectivity index (χ1v) is 5.70. The number of esters is 1. The van der Waals surface area contributed by atoms with E-state index in [9.17, 15) is 9.59 Å². The number of hydrogen-bond donors (Lipinski definition) is 2. The van der Waals surface area contributed by atoms with Gasteiger partial charge in [0.05, 0.1) is 5.92 Å². The van der Waals surface area contributed by atoms with Gasteiger partial charge in [0.1, 0.15) is 13.2 Å². The predicted molar refractivity (Wildman–Crippen MR) is 62.6 cm³/mol. The number of hydrogen-bond acceptors (Lipinski definition) is 8. The summed E-state index contributed by atoms with van der Waals surface area (Å²) in [6.45, 7) is 3.00. The molecule has 20 heavy (non-hydrogen) atoms. The molecule has 1 rings (SSSR count). The number of ether oxygens (including phenoxy) is 2. The van der Waals surface area contributed by atoms with Crippen LogP contribution in [0, 0.1) is 5.92 Å². The van der Waals surface area contributed by atoms with Gasteiger partial charge in [-0.25, -0.2) is 0 Å². The molecule has 0 aliphatic rings. The first kappa shape index (κ1) is 15.5. The average molecular weight is 289 g/mol. The third kappa shape index (κ3) is 4.59. The summed E-state index contributed by atoms with van der Waals surface area (Å²) in [6.07, 6.45) is -1.22. The molecule has 9 nitrogen and oxygen atoms in total. The van der Waals surface area contributed by atoms with Gasteiger partial charge in [0.15, 0.2) is 0 Å². The second-order valence-corrected chi connectivity index (χ2v) is 3.92. The average Bonchev–Trinajstić information content (AvgIpc) is 2.71. The van der Waals surface area contributed by atoms with Crippen molar-refractivity contribution in [3.05, 3.63) is 12.1 Å². The van der Waals surface area contributed by atoms with E-state index in [0.29, 0.717) is 4.73 Å². The third-order valence-corrected chi connectivity index (χ3v) is 2.00. The molecule has 2 N–H and O–H groups in total. The van der Waals surface area contributed by atoms with Gasteiger partial charge in [-0.1, -0.05) is 18.6 Å². The molecular weight excluding hydrogens is 274 g/mol. The lowest BCUT2D eigenvalue weighted by Crippen LogP contribution is -2.20. The number of nitrogens with zero attached hydrogens (tertiary/aromatic N) is 1. The fraction of sp³-hybridized carbons (Fsp3) is 0.455. The molecule has 1 heterocycles. The van der Waals surface area contributed by atoms with E-state index in [0.717, 1.165) is 12.1 Å². The molecule has 0 radical (unpaired) electrons. The molecule has 1 aromatic heterocycles. The van der Waals surface area contributed by atoms with Crippen molar-refractivity contribution >= 4 is 12.1 Å². The van der Waals surface area contributed by atoms with Crippen LogP contribution >= 0.6 is 0 Å². The molecule has 112 valence electrons. The van der Waals surface area contributed by atoms with Gasteiger partial charge in [-0.05, 0) is 0 Å². The summed E-state index contributed by atoms with van der Waals surface area (Å²) in [7, 11) is 0. The van der Waals surface area contributed by atoms with Crippen LogP contribution in [0.25, 0.3) is 0 Å². The third-order valence-electron chi connectivity index (χ3n) is 2.00. The van der Waals surface area contributed by atoms with Crippen molar-refractivity contribution in [3.63, 3.8) is 0 Å². The van der Waals surface area contributed by atoms with Gasteiger partial charge in [0.2, 0.25) is 11.8 Å². The highest BCUT2D eigenvalue weighted by Gasteiger charge is 2.13. The Bertz CT molecular complexity index is 447. The largest absolute Gasteiger partial charge is 0.551 e. The van der Waals surface area contributed by atoms with Crippen LogP contribution in [0.15, 0.2) is 12.1 Å². The number of rotatable bonds is 6. The van der Waals surface area contributed by atoms with Crippen LogP contribution in [-0.4, -0.2) is 40.3 Å². The van der Waals surface area contributed by atoms with Crippen molar-refractivity contribution in [2.75, 3.05) is 13.2 Å². The van der Waals surface area contributed by atoms with E-state index in [2.05, 4.69) is 14.6 Å². The van der Waals surface area contributed by atoms with E-state index in [4.69, 9.17) is 14.9 Å². The van der Waals surface area contributed by atoms with Gasteiger partial charge in [-0.15, -0.1) is 0 Å². The second-order valence-electron chi connectivity index (χ2n) is 3.92. The molecule has 0 saturated heterocycles. The van der Waals surface area contributed by atoms with Crippen LogP contribution in [0.5, 0.6) is 11.8 Å². The van der Waals surface area contributed by atoms with Gasteiger partial charge in [0.25, 0.3) is 0 Å². The highest BCUT2D eigenvalue weighted by atomic mass is 17.3. The first-order valence-electron chi connectivity index (χ1n) is 5.70. The van der Waals surface area contributed by atoms with Crippen LogP contribution < -0.4 is 4.99 Å². The molecular formula is C11H15NO8. The highest BCUT2D eigenvalue weighted by molar-refractivity contribution is 5.71. The predicted octanol–water partition coefficient (Wildman–Crippen LogP) is 0.595. The van der Waals surface area contributed by atoms with E-state index in [1.165, 1.54) is 0 Å². The molecule has 0 aliphatic heterocycles. The Hall–Kier alpha value is -2.58. The van der Waals surface area contributed by atoms with E-state index in [1.54, 1.807) is 13.8 Å². The van der Waals surface area contributed by atoms with Gasteiger partial charge in [-0.2, -0.15) is 14.7 Å². The van der Waals surface area contributed by atoms with E-state index in [1.807, 2.05) is 0 Å². The molecule has 0 fully saturated rings. The number of aromatic nitrogens is 1. The van der Waals surface area contributed by atoms with Crippen molar-refractivity contribution in [3.8, 4) is 11.8 Å². The van der Waals surface area contributed by atoms with E-state index < -0.39 is 23.9 Å². The maximum atomic E-state index is 11.1. The molecule has 0 amide bonds. The molecule has 0 unspecified atom stereocenters. The minimum atomic E-state index is -1.22. The molecule has 1 aromatic rings. The van der Waals surface area contributed by atoms with Gasteiger partial charge in [-0.3, -0.25) is 4.79 Å². The van der Waals surface area contributed by atoms with E-state index in [-0.39, 0.29) is 19.1 Å². The zero-order valence-electron chi connectivity index (χ0n) is 10.9. The maximum Gasteiger partial charge on any atom is 0.551 e. The molecule has 0 aliphatic carbocycles. The van der Waals surface area contributed by atoms with Gasteiger partial charge >= 0.3 is 12.1 Å². The zero-order valence-corrected chi connectivity index (χ0v) is 10.9. The number of carbonyl (C=O) groups is 2. The normalized spacial score (nSPS) is 10.2. The Morgan fingerprint density at radius 2 is 1.70 bits per heavy atom. The topological polar surface area (TPSA) is 116 Å². The lowest BCUT2D eigenvalue weighted by Gasteiger charge is -2.08. The van der Waals surface area contributed by atoms with Crippen molar-refractivity contribution in [2.24, 2.45) is 5.92 Å². The first-order chi connectivity index (χ1) is 9.41. The van der Waals surface area contributed by atoms with E-state index >= 15 is 0 Å². The summed E-state index contributed by atoms with van der Waals surface area (Å²) >= 11 is 0.